The van der Waals surface area contributed by atoms with Crippen LogP contribution >= 0.6 is 0 Å². The summed E-state index contributed by atoms with van der Waals surface area (Å²) in [5.41, 5.74) is 7.73. The lowest BCUT2D eigenvalue weighted by Crippen LogP contribution is -2.12. The molecule has 0 radical (unpaired) electrons. The van der Waals surface area contributed by atoms with Crippen LogP contribution in [0.25, 0.3) is 0 Å². The fourth-order valence-electron chi connectivity index (χ4n) is 4.78. The lowest BCUT2D eigenvalue weighted by Gasteiger charge is -2.12. The van der Waals surface area contributed by atoms with E-state index < -0.39 is 0 Å². The van der Waals surface area contributed by atoms with E-state index in [2.05, 4.69) is 41.4 Å². The Kier molecular flexibility index (Phi) is 8.31. The molecule has 1 atom stereocenters. The van der Waals surface area contributed by atoms with Crippen LogP contribution in [0.5, 0.6) is 11.5 Å². The summed E-state index contributed by atoms with van der Waals surface area (Å²) in [4.78, 5) is 24.8. The second kappa shape index (κ2) is 13.0. The van der Waals surface area contributed by atoms with Crippen molar-refractivity contribution in [3.05, 3.63) is 118 Å². The molecule has 0 amide bonds. The summed E-state index contributed by atoms with van der Waals surface area (Å²) in [5.74, 6) is 2.46. The largest absolute Gasteiger partial charge is 0.497 e. The van der Waals surface area contributed by atoms with E-state index in [-0.39, 0.29) is 16.7 Å². The van der Waals surface area contributed by atoms with Gasteiger partial charge in [-0.05, 0) is 66.2 Å². The summed E-state index contributed by atoms with van der Waals surface area (Å²) in [5, 5.41) is 25.6. The number of benzene rings is 4. The highest BCUT2D eigenvalue weighted by Crippen LogP contribution is 2.31. The van der Waals surface area contributed by atoms with E-state index in [0.29, 0.717) is 29.8 Å². The second-order valence-corrected chi connectivity index (χ2v) is 9.98. The number of nitrogens with zero attached hydrogens (tertiary/aromatic N) is 5. The summed E-state index contributed by atoms with van der Waals surface area (Å²) in [6, 6.07) is 28.9. The van der Waals surface area contributed by atoms with Gasteiger partial charge in [0.2, 0.25) is 17.8 Å². The Morgan fingerprint density at radius 1 is 0.711 bits per heavy atom. The number of nitro groups is 1. The Hall–Kier alpha value is -6.24. The van der Waals surface area contributed by atoms with E-state index in [0.717, 1.165) is 39.8 Å². The molecule has 1 aliphatic rings. The molecule has 45 heavy (non-hydrogen) atoms. The number of anilines is 6. The number of ether oxygens (including phenoxy) is 2. The zero-order chi connectivity index (χ0) is 31.2. The monoisotopic (exact) mass is 603 g/mol. The van der Waals surface area contributed by atoms with Gasteiger partial charge in [-0.2, -0.15) is 20.1 Å². The molecule has 4 N–H and O–H groups in total. The van der Waals surface area contributed by atoms with Gasteiger partial charge in [-0.1, -0.05) is 30.3 Å². The highest BCUT2D eigenvalue weighted by atomic mass is 16.6. The van der Waals surface area contributed by atoms with Crippen molar-refractivity contribution >= 4 is 46.3 Å². The molecule has 0 fully saturated rings. The van der Waals surface area contributed by atoms with Gasteiger partial charge in [0.1, 0.15) is 11.5 Å². The Labute approximate surface area is 258 Å². The molecular formula is C32H29N9O4. The molecular weight excluding hydrogens is 574 g/mol. The molecule has 13 heteroatoms. The normalized spacial score (nSPS) is 13.7. The van der Waals surface area contributed by atoms with Gasteiger partial charge in [0.05, 0.1) is 36.5 Å². The second-order valence-electron chi connectivity index (χ2n) is 9.98. The van der Waals surface area contributed by atoms with Crippen molar-refractivity contribution in [2.24, 2.45) is 5.10 Å². The van der Waals surface area contributed by atoms with Crippen molar-refractivity contribution in [2.45, 2.75) is 12.5 Å². The number of methoxy groups -OCH3 is 2. The summed E-state index contributed by atoms with van der Waals surface area (Å²) in [7, 11) is 3.23. The maximum Gasteiger partial charge on any atom is 0.274 e. The lowest BCUT2D eigenvalue weighted by atomic mass is 9.98. The van der Waals surface area contributed by atoms with Crippen LogP contribution in [-0.4, -0.2) is 39.8 Å². The molecule has 6 rings (SSSR count). The molecule has 0 saturated heterocycles. The molecule has 1 unspecified atom stereocenters. The topological polar surface area (TPSA) is 161 Å². The van der Waals surface area contributed by atoms with Crippen LogP contribution in [0.2, 0.25) is 0 Å². The highest BCUT2D eigenvalue weighted by Gasteiger charge is 2.27. The molecule has 13 nitrogen and oxygen atoms in total. The molecule has 226 valence electrons. The van der Waals surface area contributed by atoms with Gasteiger partial charge in [-0.3, -0.25) is 10.1 Å². The third-order valence-electron chi connectivity index (χ3n) is 7.06. The van der Waals surface area contributed by atoms with Gasteiger partial charge >= 0.3 is 0 Å². The fourth-order valence-corrected chi connectivity index (χ4v) is 4.78. The Morgan fingerprint density at radius 2 is 1.18 bits per heavy atom. The Morgan fingerprint density at radius 3 is 1.64 bits per heavy atom. The standard InChI is InChI=1S/C32H29N9O4/c1-44-24-15-11-22(12-16-24)34-31-36-30(37-32(38-31)35-23-13-17-25(45-2)18-14-23)33-21-9-7-20(8-10-21)27-19-28(40-39-27)26-5-3-4-6-29(26)41(42)43/h3-18,28,40H,19H2,1-2H3,(H3,33,34,35,36,37,38). The van der Waals surface area contributed by atoms with E-state index in [1.807, 2.05) is 72.8 Å². The summed E-state index contributed by atoms with van der Waals surface area (Å²) in [6.07, 6.45) is 0.520. The quantitative estimate of drug-likeness (QED) is 0.0968. The fraction of sp³-hybridized carbons (Fsp3) is 0.125. The first-order valence-electron chi connectivity index (χ1n) is 14.0. The maximum atomic E-state index is 11.5. The van der Waals surface area contributed by atoms with Gasteiger partial charge < -0.3 is 30.8 Å². The third kappa shape index (κ3) is 6.88. The van der Waals surface area contributed by atoms with Crippen molar-refractivity contribution in [1.29, 1.82) is 0 Å². The third-order valence-corrected chi connectivity index (χ3v) is 7.06. The SMILES string of the molecule is COc1ccc(Nc2nc(Nc3ccc(OC)cc3)nc(Nc3ccc(C4=NNC(c5ccccc5[N+](=O)[O-])C4)cc3)n2)cc1. The van der Waals surface area contributed by atoms with E-state index in [4.69, 9.17) is 9.47 Å². The number of hydrogen-bond donors (Lipinski definition) is 4. The van der Waals surface area contributed by atoms with Crippen molar-refractivity contribution in [3.8, 4) is 11.5 Å². The highest BCUT2D eigenvalue weighted by molar-refractivity contribution is 6.02. The minimum Gasteiger partial charge on any atom is -0.497 e. The van der Waals surface area contributed by atoms with Gasteiger partial charge in [-0.25, -0.2) is 0 Å². The number of rotatable bonds is 11. The number of hydrazone groups is 1. The summed E-state index contributed by atoms with van der Waals surface area (Å²) in [6.45, 7) is 0. The summed E-state index contributed by atoms with van der Waals surface area (Å²) < 4.78 is 10.5. The predicted molar refractivity (Wildman–Crippen MR) is 172 cm³/mol. The van der Waals surface area contributed by atoms with Crippen LogP contribution in [0.1, 0.15) is 23.6 Å². The van der Waals surface area contributed by atoms with Gasteiger partial charge in [0, 0.05) is 29.5 Å². The first-order chi connectivity index (χ1) is 22.0. The van der Waals surface area contributed by atoms with Crippen LogP contribution in [0.15, 0.2) is 102 Å². The van der Waals surface area contributed by atoms with Crippen LogP contribution in [0.3, 0.4) is 0 Å². The average molecular weight is 604 g/mol. The zero-order valence-corrected chi connectivity index (χ0v) is 24.4. The molecule has 4 aromatic carbocycles. The molecule has 0 saturated carbocycles. The van der Waals surface area contributed by atoms with E-state index in [9.17, 15) is 10.1 Å². The molecule has 1 aliphatic heterocycles. The Bertz CT molecular complexity index is 1760. The Balaban J connectivity index is 1.19. The van der Waals surface area contributed by atoms with Crippen LogP contribution < -0.4 is 30.8 Å². The molecule has 0 aliphatic carbocycles. The van der Waals surface area contributed by atoms with Crippen LogP contribution in [-0.2, 0) is 0 Å². The van der Waals surface area contributed by atoms with E-state index >= 15 is 0 Å². The molecule has 1 aromatic heterocycles. The van der Waals surface area contributed by atoms with Crippen LogP contribution in [0.4, 0.5) is 40.6 Å². The molecule has 5 aromatic rings. The molecule has 0 spiro atoms. The first-order valence-corrected chi connectivity index (χ1v) is 14.0. The first kappa shape index (κ1) is 28.9. The van der Waals surface area contributed by atoms with Crippen molar-refractivity contribution in [3.63, 3.8) is 0 Å². The number of nitrogens with one attached hydrogen (secondary N) is 4. The number of aromatic nitrogens is 3. The van der Waals surface area contributed by atoms with Gasteiger partial charge in [-0.15, -0.1) is 0 Å². The number of nitro benzene ring substituents is 1. The van der Waals surface area contributed by atoms with Gasteiger partial charge in [0.25, 0.3) is 5.69 Å². The zero-order valence-electron chi connectivity index (χ0n) is 24.4. The predicted octanol–water partition coefficient (Wildman–Crippen LogP) is 6.47. The van der Waals surface area contributed by atoms with Crippen molar-refractivity contribution < 1.29 is 14.4 Å². The van der Waals surface area contributed by atoms with E-state index in [1.54, 1.807) is 32.4 Å². The minimum atomic E-state index is -0.369. The maximum absolute atomic E-state index is 11.5. The van der Waals surface area contributed by atoms with Crippen molar-refractivity contribution in [2.75, 3.05) is 30.2 Å². The molecule has 2 heterocycles. The van der Waals surface area contributed by atoms with Gasteiger partial charge in [0.15, 0.2) is 0 Å². The number of para-hydroxylation sites is 1. The smallest absolute Gasteiger partial charge is 0.274 e. The van der Waals surface area contributed by atoms with Crippen LogP contribution in [0, 0.1) is 10.1 Å². The molecule has 0 bridgehead atoms. The average Bonchev–Trinajstić information content (AvgIpc) is 3.56. The van der Waals surface area contributed by atoms with E-state index in [1.165, 1.54) is 6.07 Å². The lowest BCUT2D eigenvalue weighted by molar-refractivity contribution is -0.385. The van der Waals surface area contributed by atoms with Crippen molar-refractivity contribution in [1.82, 2.24) is 20.4 Å². The summed E-state index contributed by atoms with van der Waals surface area (Å²) >= 11 is 0. The minimum absolute atomic E-state index is 0.0741. The number of hydrogen-bond acceptors (Lipinski definition) is 12.